The molecule has 92 valence electrons. The highest BCUT2D eigenvalue weighted by molar-refractivity contribution is 6.34. The zero-order valence-electron chi connectivity index (χ0n) is 9.54. The third kappa shape index (κ3) is 2.45. The Kier molecular flexibility index (Phi) is 2.89. The molecular formula is C11H13ClN2O3. The Morgan fingerprint density at radius 2 is 2.00 bits per heavy atom. The minimum absolute atomic E-state index is 0.158. The van der Waals surface area contributed by atoms with Gasteiger partial charge in [-0.3, -0.25) is 4.79 Å². The number of hydrogen-bond acceptors (Lipinski definition) is 4. The lowest BCUT2D eigenvalue weighted by molar-refractivity contribution is -0.120. The Morgan fingerprint density at radius 1 is 1.41 bits per heavy atom. The van der Waals surface area contributed by atoms with Crippen molar-refractivity contribution in [3.05, 3.63) is 17.2 Å². The van der Waals surface area contributed by atoms with Crippen LogP contribution in [0.3, 0.4) is 0 Å². The van der Waals surface area contributed by atoms with Gasteiger partial charge in [-0.05, 0) is 13.8 Å². The predicted octanol–water partition coefficient (Wildman–Crippen LogP) is 1.74. The highest BCUT2D eigenvalue weighted by atomic mass is 35.5. The fraction of sp³-hybridized carbons (Fsp3) is 0.364. The van der Waals surface area contributed by atoms with Crippen molar-refractivity contribution >= 4 is 23.2 Å². The Balaban J connectivity index is 2.25. The summed E-state index contributed by atoms with van der Waals surface area (Å²) in [6, 6.07) is 3.22. The summed E-state index contributed by atoms with van der Waals surface area (Å²) in [6.45, 7) is 3.39. The molecule has 0 bridgehead atoms. The van der Waals surface area contributed by atoms with Crippen LogP contribution < -0.4 is 20.5 Å². The highest BCUT2D eigenvalue weighted by Crippen LogP contribution is 2.39. The van der Waals surface area contributed by atoms with Crippen LogP contribution in [0, 0.1) is 0 Å². The Bertz CT molecular complexity index is 469. The summed E-state index contributed by atoms with van der Waals surface area (Å²) in [6.07, 6.45) is 0. The van der Waals surface area contributed by atoms with Crippen molar-refractivity contribution in [3.8, 4) is 11.5 Å². The monoisotopic (exact) mass is 256 g/mol. The van der Waals surface area contributed by atoms with Gasteiger partial charge in [-0.1, -0.05) is 11.6 Å². The van der Waals surface area contributed by atoms with E-state index in [2.05, 4.69) is 5.32 Å². The third-order valence-corrected chi connectivity index (χ3v) is 2.61. The van der Waals surface area contributed by atoms with Gasteiger partial charge in [0.25, 0.3) is 0 Å². The van der Waals surface area contributed by atoms with Crippen molar-refractivity contribution < 1.29 is 14.3 Å². The van der Waals surface area contributed by atoms with Gasteiger partial charge in [-0.15, -0.1) is 0 Å². The standard InChI is InChI=1S/C11H13ClN2O3/c1-11(2,13)10(15)14-7-4-9-8(3-6(7)12)16-5-17-9/h3-4H,5,13H2,1-2H3,(H,14,15). The topological polar surface area (TPSA) is 73.6 Å². The first-order valence-corrected chi connectivity index (χ1v) is 5.45. The molecule has 0 saturated carbocycles. The quantitative estimate of drug-likeness (QED) is 0.845. The van der Waals surface area contributed by atoms with Gasteiger partial charge in [0.1, 0.15) is 0 Å². The number of benzene rings is 1. The fourth-order valence-corrected chi connectivity index (χ4v) is 1.50. The average Bonchev–Trinajstić information content (AvgIpc) is 2.63. The summed E-state index contributed by atoms with van der Waals surface area (Å²) in [5.74, 6) is 0.804. The Morgan fingerprint density at radius 3 is 2.59 bits per heavy atom. The first kappa shape index (κ1) is 12.0. The maximum atomic E-state index is 11.7. The van der Waals surface area contributed by atoms with Gasteiger partial charge in [0, 0.05) is 12.1 Å². The number of rotatable bonds is 2. The van der Waals surface area contributed by atoms with Crippen LogP contribution in [-0.2, 0) is 4.79 Å². The minimum atomic E-state index is -0.973. The number of hydrogen-bond donors (Lipinski definition) is 2. The number of carbonyl (C=O) groups is 1. The largest absolute Gasteiger partial charge is 0.454 e. The molecule has 3 N–H and O–H groups in total. The summed E-state index contributed by atoms with van der Waals surface area (Å²) >= 11 is 6.01. The molecule has 1 aromatic rings. The molecule has 0 saturated heterocycles. The zero-order chi connectivity index (χ0) is 12.6. The molecule has 0 aliphatic carbocycles. The lowest BCUT2D eigenvalue weighted by atomic mass is 10.1. The second-order valence-electron chi connectivity index (χ2n) is 4.36. The first-order valence-electron chi connectivity index (χ1n) is 5.07. The first-order chi connectivity index (χ1) is 7.88. The van der Waals surface area contributed by atoms with Crippen molar-refractivity contribution in [2.24, 2.45) is 5.73 Å². The van der Waals surface area contributed by atoms with E-state index in [4.69, 9.17) is 26.8 Å². The number of anilines is 1. The number of nitrogens with one attached hydrogen (secondary N) is 1. The molecule has 1 amide bonds. The van der Waals surface area contributed by atoms with Crippen LogP contribution in [0.15, 0.2) is 12.1 Å². The van der Waals surface area contributed by atoms with Gasteiger partial charge < -0.3 is 20.5 Å². The Hall–Kier alpha value is -1.46. The normalized spacial score (nSPS) is 13.6. The van der Waals surface area contributed by atoms with Gasteiger partial charge in [-0.2, -0.15) is 0 Å². The summed E-state index contributed by atoms with van der Waals surface area (Å²) in [7, 11) is 0. The van der Waals surface area contributed by atoms with E-state index in [1.54, 1.807) is 26.0 Å². The van der Waals surface area contributed by atoms with Crippen LogP contribution in [0.4, 0.5) is 5.69 Å². The molecular weight excluding hydrogens is 244 g/mol. The van der Waals surface area contributed by atoms with Crippen LogP contribution in [-0.4, -0.2) is 18.2 Å². The Labute approximate surface area is 104 Å². The third-order valence-electron chi connectivity index (χ3n) is 2.30. The lowest BCUT2D eigenvalue weighted by Crippen LogP contribution is -2.45. The minimum Gasteiger partial charge on any atom is -0.454 e. The van der Waals surface area contributed by atoms with E-state index in [1.807, 2.05) is 0 Å². The molecule has 0 unspecified atom stereocenters. The van der Waals surface area contributed by atoms with E-state index in [-0.39, 0.29) is 12.7 Å². The van der Waals surface area contributed by atoms with E-state index in [0.29, 0.717) is 22.2 Å². The summed E-state index contributed by atoms with van der Waals surface area (Å²) in [4.78, 5) is 11.7. The van der Waals surface area contributed by atoms with E-state index < -0.39 is 5.54 Å². The fourth-order valence-electron chi connectivity index (χ4n) is 1.30. The number of nitrogens with two attached hydrogens (primary N) is 1. The van der Waals surface area contributed by atoms with Crippen molar-refractivity contribution in [1.29, 1.82) is 0 Å². The highest BCUT2D eigenvalue weighted by Gasteiger charge is 2.24. The average molecular weight is 257 g/mol. The molecule has 6 heteroatoms. The van der Waals surface area contributed by atoms with Crippen LogP contribution >= 0.6 is 11.6 Å². The molecule has 1 aromatic carbocycles. The number of carbonyl (C=O) groups excluding carboxylic acids is 1. The number of amides is 1. The van der Waals surface area contributed by atoms with Gasteiger partial charge in [0.05, 0.1) is 16.2 Å². The number of ether oxygens (including phenoxy) is 2. The van der Waals surface area contributed by atoms with Crippen molar-refractivity contribution in [2.75, 3.05) is 12.1 Å². The maximum Gasteiger partial charge on any atom is 0.243 e. The SMILES string of the molecule is CC(C)(N)C(=O)Nc1cc2c(cc1Cl)OCO2. The molecule has 1 aliphatic rings. The molecule has 0 radical (unpaired) electrons. The van der Waals surface area contributed by atoms with Crippen LogP contribution in [0.1, 0.15) is 13.8 Å². The van der Waals surface area contributed by atoms with Gasteiger partial charge in [0.15, 0.2) is 11.5 Å². The summed E-state index contributed by atoms with van der Waals surface area (Å²) in [5, 5.41) is 3.03. The molecule has 0 fully saturated rings. The van der Waals surface area contributed by atoms with Crippen molar-refractivity contribution in [3.63, 3.8) is 0 Å². The van der Waals surface area contributed by atoms with Gasteiger partial charge >= 0.3 is 0 Å². The summed E-state index contributed by atoms with van der Waals surface area (Å²) in [5.41, 5.74) is 5.16. The molecule has 0 spiro atoms. The van der Waals surface area contributed by atoms with Gasteiger partial charge in [0.2, 0.25) is 12.7 Å². The van der Waals surface area contributed by atoms with Crippen LogP contribution in [0.25, 0.3) is 0 Å². The predicted molar refractivity (Wildman–Crippen MR) is 64.5 cm³/mol. The van der Waals surface area contributed by atoms with Crippen LogP contribution in [0.5, 0.6) is 11.5 Å². The van der Waals surface area contributed by atoms with Gasteiger partial charge in [-0.25, -0.2) is 0 Å². The van der Waals surface area contributed by atoms with Crippen molar-refractivity contribution in [2.45, 2.75) is 19.4 Å². The number of halogens is 1. The molecule has 1 heterocycles. The van der Waals surface area contributed by atoms with Crippen molar-refractivity contribution in [1.82, 2.24) is 0 Å². The lowest BCUT2D eigenvalue weighted by Gasteiger charge is -2.18. The van der Waals surface area contributed by atoms with Crippen LogP contribution in [0.2, 0.25) is 5.02 Å². The molecule has 2 rings (SSSR count). The summed E-state index contributed by atoms with van der Waals surface area (Å²) < 4.78 is 10.4. The zero-order valence-corrected chi connectivity index (χ0v) is 10.3. The van der Waals surface area contributed by atoms with E-state index in [9.17, 15) is 4.79 Å². The van der Waals surface area contributed by atoms with E-state index in [1.165, 1.54) is 0 Å². The second kappa shape index (κ2) is 4.09. The molecule has 1 aliphatic heterocycles. The number of fused-ring (bicyclic) bond motifs is 1. The maximum absolute atomic E-state index is 11.7. The van der Waals surface area contributed by atoms with E-state index >= 15 is 0 Å². The smallest absolute Gasteiger partial charge is 0.243 e. The molecule has 0 aromatic heterocycles. The molecule has 17 heavy (non-hydrogen) atoms. The van der Waals surface area contributed by atoms with E-state index in [0.717, 1.165) is 0 Å². The second-order valence-corrected chi connectivity index (χ2v) is 4.77. The molecule has 5 nitrogen and oxygen atoms in total. The molecule has 0 atom stereocenters.